The summed E-state index contributed by atoms with van der Waals surface area (Å²) < 4.78 is 1.66. The van der Waals surface area contributed by atoms with Crippen LogP contribution in [0.4, 0.5) is 0 Å². The van der Waals surface area contributed by atoms with Crippen LogP contribution < -0.4 is 11.0 Å². The minimum absolute atomic E-state index is 0.0143. The number of benzene rings is 2. The van der Waals surface area contributed by atoms with Gasteiger partial charge in [-0.2, -0.15) is 0 Å². The van der Waals surface area contributed by atoms with Crippen LogP contribution in [0.15, 0.2) is 59.4 Å². The quantitative estimate of drug-likeness (QED) is 0.686. The van der Waals surface area contributed by atoms with Crippen LogP contribution in [0.5, 0.6) is 0 Å². The molecule has 1 atom stereocenters. The molecule has 0 saturated carbocycles. The van der Waals surface area contributed by atoms with Gasteiger partial charge in [-0.1, -0.05) is 56.3 Å². The number of carbonyl (C=O) groups is 1. The predicted molar refractivity (Wildman–Crippen MR) is 104 cm³/mol. The summed E-state index contributed by atoms with van der Waals surface area (Å²) in [5.41, 5.74) is 2.71. The Kier molecular flexibility index (Phi) is 5.56. The van der Waals surface area contributed by atoms with Crippen molar-refractivity contribution in [2.24, 2.45) is 5.92 Å². The van der Waals surface area contributed by atoms with Crippen molar-refractivity contribution in [3.05, 3.63) is 70.6 Å². The maximum absolute atomic E-state index is 12.4. The lowest BCUT2D eigenvalue weighted by Crippen LogP contribution is -2.31. The molecular weight excluding hydrogens is 326 g/mol. The molecule has 0 radical (unpaired) electrons. The normalized spacial score (nSPS) is 12.4. The molecular formula is C21H25N3O2. The summed E-state index contributed by atoms with van der Waals surface area (Å²) in [5, 5.41) is 2.96. The number of aromatic amines is 1. The highest BCUT2D eigenvalue weighted by Crippen LogP contribution is 2.27. The highest BCUT2D eigenvalue weighted by molar-refractivity contribution is 5.77. The van der Waals surface area contributed by atoms with Gasteiger partial charge in [-0.15, -0.1) is 0 Å². The third-order valence-corrected chi connectivity index (χ3v) is 4.78. The summed E-state index contributed by atoms with van der Waals surface area (Å²) in [5.74, 6) is 0.576. The van der Waals surface area contributed by atoms with Crippen LogP contribution in [-0.4, -0.2) is 22.0 Å². The predicted octanol–water partition coefficient (Wildman–Crippen LogP) is 3.28. The van der Waals surface area contributed by atoms with Gasteiger partial charge in [0.2, 0.25) is 5.91 Å². The first kappa shape index (κ1) is 18.0. The lowest BCUT2D eigenvalue weighted by molar-refractivity contribution is -0.121. The van der Waals surface area contributed by atoms with Gasteiger partial charge in [-0.25, -0.2) is 4.79 Å². The molecule has 0 bridgehead atoms. The molecule has 0 fully saturated rings. The summed E-state index contributed by atoms with van der Waals surface area (Å²) >= 11 is 0. The van der Waals surface area contributed by atoms with Crippen molar-refractivity contribution in [3.8, 4) is 0 Å². The van der Waals surface area contributed by atoms with Crippen molar-refractivity contribution < 1.29 is 4.79 Å². The zero-order valence-corrected chi connectivity index (χ0v) is 15.2. The fourth-order valence-electron chi connectivity index (χ4n) is 3.35. The molecule has 0 aliphatic rings. The first-order valence-corrected chi connectivity index (χ1v) is 9.05. The molecule has 1 unspecified atom stereocenters. The Morgan fingerprint density at radius 3 is 2.50 bits per heavy atom. The molecule has 0 aliphatic heterocycles. The van der Waals surface area contributed by atoms with Crippen LogP contribution >= 0.6 is 0 Å². The minimum atomic E-state index is -0.148. The second-order valence-electron chi connectivity index (χ2n) is 6.91. The van der Waals surface area contributed by atoms with Crippen molar-refractivity contribution in [1.82, 2.24) is 14.9 Å². The Labute approximate surface area is 153 Å². The number of amides is 1. The van der Waals surface area contributed by atoms with Crippen molar-refractivity contribution in [2.45, 2.75) is 32.7 Å². The van der Waals surface area contributed by atoms with Crippen LogP contribution in [0.25, 0.3) is 11.0 Å². The fraction of sp³-hybridized carbons (Fsp3) is 0.333. The number of H-pyrrole nitrogens is 1. The third-order valence-electron chi connectivity index (χ3n) is 4.78. The number of aromatic nitrogens is 2. The molecule has 1 heterocycles. The number of imidazole rings is 1. The van der Waals surface area contributed by atoms with E-state index in [-0.39, 0.29) is 17.5 Å². The van der Waals surface area contributed by atoms with Gasteiger partial charge in [0, 0.05) is 19.5 Å². The number of nitrogens with zero attached hydrogens (tertiary/aromatic N) is 1. The van der Waals surface area contributed by atoms with Gasteiger partial charge in [0.25, 0.3) is 0 Å². The zero-order valence-electron chi connectivity index (χ0n) is 15.2. The van der Waals surface area contributed by atoms with Crippen LogP contribution in [0, 0.1) is 5.92 Å². The van der Waals surface area contributed by atoms with E-state index in [1.807, 2.05) is 42.5 Å². The maximum Gasteiger partial charge on any atom is 0.326 e. The van der Waals surface area contributed by atoms with E-state index in [0.29, 0.717) is 25.4 Å². The van der Waals surface area contributed by atoms with Crippen molar-refractivity contribution >= 4 is 16.9 Å². The first-order valence-electron chi connectivity index (χ1n) is 9.05. The van der Waals surface area contributed by atoms with E-state index in [2.05, 4.69) is 36.3 Å². The first-order chi connectivity index (χ1) is 12.6. The van der Waals surface area contributed by atoms with Crippen LogP contribution in [-0.2, 0) is 11.3 Å². The molecule has 0 saturated heterocycles. The molecule has 0 aliphatic carbocycles. The number of rotatable bonds is 7. The monoisotopic (exact) mass is 351 g/mol. The zero-order chi connectivity index (χ0) is 18.5. The Balaban J connectivity index is 1.60. The number of hydrogen-bond acceptors (Lipinski definition) is 2. The van der Waals surface area contributed by atoms with E-state index in [4.69, 9.17) is 0 Å². The Bertz CT molecular complexity index is 925. The van der Waals surface area contributed by atoms with E-state index in [1.54, 1.807) is 4.57 Å². The number of fused-ring (bicyclic) bond motifs is 1. The van der Waals surface area contributed by atoms with Crippen molar-refractivity contribution in [3.63, 3.8) is 0 Å². The number of nitrogens with one attached hydrogen (secondary N) is 2. The molecule has 136 valence electrons. The summed E-state index contributed by atoms with van der Waals surface area (Å²) in [4.78, 5) is 27.3. The lowest BCUT2D eigenvalue weighted by atomic mass is 9.85. The van der Waals surface area contributed by atoms with E-state index in [9.17, 15) is 9.59 Å². The number of hydrogen-bond donors (Lipinski definition) is 2. The molecule has 1 amide bonds. The molecule has 2 aromatic carbocycles. The van der Waals surface area contributed by atoms with Gasteiger partial charge in [0.1, 0.15) is 0 Å². The molecule has 1 aromatic heterocycles. The molecule has 3 aromatic rings. The average Bonchev–Trinajstić information content (AvgIpc) is 2.96. The molecule has 5 heteroatoms. The van der Waals surface area contributed by atoms with Crippen molar-refractivity contribution in [2.75, 3.05) is 6.54 Å². The Hall–Kier alpha value is -2.82. The van der Waals surface area contributed by atoms with E-state index in [0.717, 1.165) is 11.0 Å². The minimum Gasteiger partial charge on any atom is -0.354 e. The fourth-order valence-corrected chi connectivity index (χ4v) is 3.35. The highest BCUT2D eigenvalue weighted by Gasteiger charge is 2.19. The molecule has 3 rings (SSSR count). The standard InChI is InChI=1S/C21H25N3O2/c1-15(2)17(16-8-4-3-5-9-16)14-20(25)22-12-13-24-19-11-7-6-10-18(19)23-21(24)26/h3-11,15,17H,12-14H2,1-2H3,(H,22,25)(H,23,26). The van der Waals surface area contributed by atoms with E-state index >= 15 is 0 Å². The Morgan fingerprint density at radius 2 is 1.77 bits per heavy atom. The Morgan fingerprint density at radius 1 is 1.08 bits per heavy atom. The van der Waals surface area contributed by atoms with E-state index in [1.165, 1.54) is 5.56 Å². The number of para-hydroxylation sites is 2. The van der Waals surface area contributed by atoms with Crippen molar-refractivity contribution in [1.29, 1.82) is 0 Å². The van der Waals surface area contributed by atoms with E-state index < -0.39 is 0 Å². The summed E-state index contributed by atoms with van der Waals surface area (Å²) in [6.45, 7) is 5.15. The van der Waals surface area contributed by atoms with Crippen LogP contribution in [0.3, 0.4) is 0 Å². The molecule has 0 spiro atoms. The second-order valence-corrected chi connectivity index (χ2v) is 6.91. The lowest BCUT2D eigenvalue weighted by Gasteiger charge is -2.21. The summed E-state index contributed by atoms with van der Waals surface area (Å²) in [6.07, 6.45) is 0.449. The van der Waals surface area contributed by atoms with Gasteiger partial charge in [0.15, 0.2) is 0 Å². The van der Waals surface area contributed by atoms with Crippen LogP contribution in [0.2, 0.25) is 0 Å². The topological polar surface area (TPSA) is 66.9 Å². The van der Waals surface area contributed by atoms with Gasteiger partial charge in [0.05, 0.1) is 11.0 Å². The highest BCUT2D eigenvalue weighted by atomic mass is 16.2. The summed E-state index contributed by atoms with van der Waals surface area (Å²) in [6, 6.07) is 17.7. The van der Waals surface area contributed by atoms with Gasteiger partial charge in [-0.05, 0) is 29.5 Å². The second kappa shape index (κ2) is 8.04. The van der Waals surface area contributed by atoms with Crippen LogP contribution in [0.1, 0.15) is 31.7 Å². The molecule has 26 heavy (non-hydrogen) atoms. The molecule has 5 nitrogen and oxygen atoms in total. The molecule has 2 N–H and O–H groups in total. The number of carbonyl (C=O) groups excluding carboxylic acids is 1. The SMILES string of the molecule is CC(C)C(CC(=O)NCCn1c(=O)[nH]c2ccccc21)c1ccccc1. The van der Waals surface area contributed by atoms with Gasteiger partial charge in [-0.3, -0.25) is 9.36 Å². The van der Waals surface area contributed by atoms with Gasteiger partial charge < -0.3 is 10.3 Å². The smallest absolute Gasteiger partial charge is 0.326 e. The largest absolute Gasteiger partial charge is 0.354 e. The maximum atomic E-state index is 12.4. The third kappa shape index (κ3) is 4.04. The van der Waals surface area contributed by atoms with Gasteiger partial charge >= 0.3 is 5.69 Å². The average molecular weight is 351 g/mol. The summed E-state index contributed by atoms with van der Waals surface area (Å²) in [7, 11) is 0.